The van der Waals surface area contributed by atoms with Gasteiger partial charge in [-0.2, -0.15) is 5.48 Å². The number of hydrogen-bond acceptors (Lipinski definition) is 2. The Kier molecular flexibility index (Phi) is 4.19. The maximum atomic E-state index is 5.46. The summed E-state index contributed by atoms with van der Waals surface area (Å²) in [5, 5.41) is 0. The minimum absolute atomic E-state index is 0.540. The number of rotatable bonds is 5. The Morgan fingerprint density at radius 3 is 2.65 bits per heavy atom. The van der Waals surface area contributed by atoms with Crippen molar-refractivity contribution in [3.8, 4) is 0 Å². The Labute approximate surface area is 104 Å². The lowest BCUT2D eigenvalue weighted by Crippen LogP contribution is -2.40. The van der Waals surface area contributed by atoms with Gasteiger partial charge in [-0.25, -0.2) is 0 Å². The summed E-state index contributed by atoms with van der Waals surface area (Å²) in [6.07, 6.45) is 2.39. The highest BCUT2D eigenvalue weighted by molar-refractivity contribution is 5.31. The van der Waals surface area contributed by atoms with Gasteiger partial charge in [0.2, 0.25) is 0 Å². The van der Waals surface area contributed by atoms with Crippen LogP contribution in [0, 0.1) is 12.8 Å². The van der Waals surface area contributed by atoms with Gasteiger partial charge in [0.25, 0.3) is 0 Å². The van der Waals surface area contributed by atoms with E-state index in [0.29, 0.717) is 12.0 Å². The monoisotopic (exact) mass is 233 g/mol. The molecule has 0 atom stereocenters. The van der Waals surface area contributed by atoms with Crippen LogP contribution in [0.5, 0.6) is 0 Å². The predicted octanol–water partition coefficient (Wildman–Crippen LogP) is 3.42. The van der Waals surface area contributed by atoms with Gasteiger partial charge in [-0.3, -0.25) is 0 Å². The van der Waals surface area contributed by atoms with E-state index >= 15 is 0 Å². The van der Waals surface area contributed by atoms with Crippen molar-refractivity contribution in [3.63, 3.8) is 0 Å². The Hall–Kier alpha value is -0.860. The third-order valence-electron chi connectivity index (χ3n) is 3.43. The minimum atomic E-state index is 0.540. The Morgan fingerprint density at radius 2 is 2.00 bits per heavy atom. The lowest BCUT2D eigenvalue weighted by molar-refractivity contribution is -0.0212. The van der Waals surface area contributed by atoms with Gasteiger partial charge in [0, 0.05) is 6.04 Å². The summed E-state index contributed by atoms with van der Waals surface area (Å²) in [5.74, 6) is 1.31. The highest BCUT2D eigenvalue weighted by atomic mass is 16.6. The lowest BCUT2D eigenvalue weighted by atomic mass is 9.75. The van der Waals surface area contributed by atoms with Crippen molar-refractivity contribution < 1.29 is 4.84 Å². The van der Waals surface area contributed by atoms with E-state index in [-0.39, 0.29) is 0 Å². The second-order valence-corrected chi connectivity index (χ2v) is 5.54. The molecule has 2 nitrogen and oxygen atoms in total. The molecule has 2 rings (SSSR count). The highest BCUT2D eigenvalue weighted by Crippen LogP contribution is 2.38. The third kappa shape index (κ3) is 3.30. The van der Waals surface area contributed by atoms with E-state index in [4.69, 9.17) is 4.84 Å². The van der Waals surface area contributed by atoms with E-state index in [0.717, 1.165) is 12.5 Å². The van der Waals surface area contributed by atoms with E-state index in [9.17, 15) is 0 Å². The Morgan fingerprint density at radius 1 is 1.29 bits per heavy atom. The van der Waals surface area contributed by atoms with Gasteiger partial charge in [-0.1, -0.05) is 38.1 Å². The van der Waals surface area contributed by atoms with E-state index in [1.165, 1.54) is 24.0 Å². The molecule has 0 radical (unpaired) electrons. The number of benzene rings is 1. The third-order valence-corrected chi connectivity index (χ3v) is 3.43. The molecule has 2 heteroatoms. The zero-order valence-electron chi connectivity index (χ0n) is 11.1. The molecule has 0 unspecified atom stereocenters. The molecule has 0 amide bonds. The topological polar surface area (TPSA) is 21.3 Å². The van der Waals surface area contributed by atoms with Gasteiger partial charge in [0.1, 0.15) is 0 Å². The van der Waals surface area contributed by atoms with Crippen LogP contribution in [0.2, 0.25) is 0 Å². The van der Waals surface area contributed by atoms with Gasteiger partial charge < -0.3 is 4.84 Å². The molecule has 0 heterocycles. The van der Waals surface area contributed by atoms with Crippen LogP contribution in [0.3, 0.4) is 0 Å². The molecule has 1 N–H and O–H groups in total. The molecule has 0 saturated heterocycles. The number of hydrogen-bond donors (Lipinski definition) is 1. The number of nitrogens with one attached hydrogen (secondary N) is 1. The second kappa shape index (κ2) is 5.65. The van der Waals surface area contributed by atoms with E-state index in [2.05, 4.69) is 50.5 Å². The largest absolute Gasteiger partial charge is 0.301 e. The molecular formula is C15H23NO. The summed E-state index contributed by atoms with van der Waals surface area (Å²) < 4.78 is 0. The fraction of sp³-hybridized carbons (Fsp3) is 0.600. The first-order valence-corrected chi connectivity index (χ1v) is 6.59. The normalized spacial score (nSPS) is 23.8. The second-order valence-electron chi connectivity index (χ2n) is 5.54. The van der Waals surface area contributed by atoms with Gasteiger partial charge in [0.05, 0.1) is 6.61 Å². The van der Waals surface area contributed by atoms with E-state index in [1.54, 1.807) is 0 Å². The smallest absolute Gasteiger partial charge is 0.0705 e. The average Bonchev–Trinajstić information content (AvgIpc) is 2.23. The SMILES string of the molecule is Cc1ccccc1C1CC(NOCC(C)C)C1. The van der Waals surface area contributed by atoms with Crippen LogP contribution in [0.25, 0.3) is 0 Å². The Bertz CT molecular complexity index is 356. The van der Waals surface area contributed by atoms with Crippen molar-refractivity contribution in [1.82, 2.24) is 5.48 Å². The molecule has 0 bridgehead atoms. The number of aryl methyl sites for hydroxylation is 1. The first-order valence-electron chi connectivity index (χ1n) is 6.59. The molecule has 1 aromatic rings. The summed E-state index contributed by atoms with van der Waals surface area (Å²) in [6, 6.07) is 9.24. The molecule has 1 aromatic carbocycles. The average molecular weight is 233 g/mol. The van der Waals surface area contributed by atoms with Crippen molar-refractivity contribution >= 4 is 0 Å². The molecular weight excluding hydrogens is 210 g/mol. The fourth-order valence-electron chi connectivity index (χ4n) is 2.35. The quantitative estimate of drug-likeness (QED) is 0.787. The Balaban J connectivity index is 1.74. The van der Waals surface area contributed by atoms with Crippen LogP contribution >= 0.6 is 0 Å². The molecule has 17 heavy (non-hydrogen) atoms. The molecule has 1 saturated carbocycles. The maximum absolute atomic E-state index is 5.46. The highest BCUT2D eigenvalue weighted by Gasteiger charge is 2.31. The van der Waals surface area contributed by atoms with Gasteiger partial charge in [-0.05, 0) is 42.7 Å². The summed E-state index contributed by atoms with van der Waals surface area (Å²) in [6.45, 7) is 7.33. The molecule has 1 fully saturated rings. The van der Waals surface area contributed by atoms with Crippen molar-refractivity contribution in [1.29, 1.82) is 0 Å². The van der Waals surface area contributed by atoms with Crippen molar-refractivity contribution in [3.05, 3.63) is 35.4 Å². The fourth-order valence-corrected chi connectivity index (χ4v) is 2.35. The first kappa shape index (κ1) is 12.6. The van der Waals surface area contributed by atoms with E-state index in [1.807, 2.05) is 0 Å². The van der Waals surface area contributed by atoms with Crippen LogP contribution in [-0.2, 0) is 4.84 Å². The van der Waals surface area contributed by atoms with Crippen LogP contribution in [0.15, 0.2) is 24.3 Å². The molecule has 94 valence electrons. The first-order chi connectivity index (χ1) is 8.16. The maximum Gasteiger partial charge on any atom is 0.0705 e. The molecule has 0 aliphatic heterocycles. The van der Waals surface area contributed by atoms with Gasteiger partial charge in [0.15, 0.2) is 0 Å². The van der Waals surface area contributed by atoms with Gasteiger partial charge in [-0.15, -0.1) is 0 Å². The lowest BCUT2D eigenvalue weighted by Gasteiger charge is -2.36. The molecule has 1 aliphatic carbocycles. The minimum Gasteiger partial charge on any atom is -0.301 e. The molecule has 0 spiro atoms. The summed E-state index contributed by atoms with van der Waals surface area (Å²) in [5.41, 5.74) is 6.09. The predicted molar refractivity (Wildman–Crippen MR) is 70.9 cm³/mol. The zero-order valence-corrected chi connectivity index (χ0v) is 11.1. The zero-order chi connectivity index (χ0) is 12.3. The molecule has 0 aromatic heterocycles. The summed E-state index contributed by atoms with van der Waals surface area (Å²) in [7, 11) is 0. The van der Waals surface area contributed by atoms with Crippen molar-refractivity contribution in [2.24, 2.45) is 5.92 Å². The van der Waals surface area contributed by atoms with Crippen molar-refractivity contribution in [2.45, 2.75) is 45.6 Å². The summed E-state index contributed by atoms with van der Waals surface area (Å²) in [4.78, 5) is 5.46. The van der Waals surface area contributed by atoms with Gasteiger partial charge >= 0.3 is 0 Å². The molecule has 1 aliphatic rings. The number of hydroxylamine groups is 1. The van der Waals surface area contributed by atoms with Crippen LogP contribution in [0.1, 0.15) is 43.7 Å². The van der Waals surface area contributed by atoms with Crippen LogP contribution in [-0.4, -0.2) is 12.6 Å². The van der Waals surface area contributed by atoms with Crippen molar-refractivity contribution in [2.75, 3.05) is 6.61 Å². The summed E-state index contributed by atoms with van der Waals surface area (Å²) >= 11 is 0. The van der Waals surface area contributed by atoms with Crippen LogP contribution < -0.4 is 5.48 Å². The van der Waals surface area contributed by atoms with Crippen LogP contribution in [0.4, 0.5) is 0 Å². The van der Waals surface area contributed by atoms with E-state index < -0.39 is 0 Å². The standard InChI is InChI=1S/C15H23NO/c1-11(2)10-17-16-14-8-13(9-14)15-7-5-4-6-12(15)3/h4-7,11,13-14,16H,8-10H2,1-3H3.